The van der Waals surface area contributed by atoms with Crippen LogP contribution in [0, 0.1) is 17.6 Å². The van der Waals surface area contributed by atoms with Crippen molar-refractivity contribution in [3.8, 4) is 11.5 Å². The lowest BCUT2D eigenvalue weighted by Gasteiger charge is -2.40. The Kier molecular flexibility index (Phi) is 4.28. The normalized spacial score (nSPS) is 24.8. The molecule has 2 aromatic rings. The number of nitrogens with zero attached hydrogens (tertiary/aromatic N) is 3. The van der Waals surface area contributed by atoms with Gasteiger partial charge in [-0.1, -0.05) is 5.16 Å². The van der Waals surface area contributed by atoms with Gasteiger partial charge in [-0.3, -0.25) is 4.90 Å². The molecule has 0 unspecified atom stereocenters. The fourth-order valence-electron chi connectivity index (χ4n) is 3.60. The lowest BCUT2D eigenvalue weighted by molar-refractivity contribution is -0.0680. The van der Waals surface area contributed by atoms with Gasteiger partial charge in [-0.15, -0.1) is 0 Å². The van der Waals surface area contributed by atoms with Crippen molar-refractivity contribution in [3.63, 3.8) is 0 Å². The van der Waals surface area contributed by atoms with Crippen molar-refractivity contribution in [2.45, 2.75) is 31.9 Å². The summed E-state index contributed by atoms with van der Waals surface area (Å²) in [4.78, 5) is 6.54. The van der Waals surface area contributed by atoms with Crippen LogP contribution in [-0.4, -0.2) is 40.8 Å². The van der Waals surface area contributed by atoms with E-state index in [4.69, 9.17) is 9.26 Å². The monoisotopic (exact) mass is 335 g/mol. The van der Waals surface area contributed by atoms with E-state index < -0.39 is 11.6 Å². The SMILES string of the molecule is Fc1ccc(-c2nc(CN3CC[C@@H]4OCCC[C@@H]4C3)no2)c(F)c1. The Bertz CT molecular complexity index is 722. The second-order valence-corrected chi connectivity index (χ2v) is 6.48. The summed E-state index contributed by atoms with van der Waals surface area (Å²) >= 11 is 0. The molecule has 128 valence electrons. The van der Waals surface area contributed by atoms with Gasteiger partial charge in [-0.2, -0.15) is 4.98 Å². The highest BCUT2D eigenvalue weighted by molar-refractivity contribution is 5.53. The molecule has 0 aliphatic carbocycles. The summed E-state index contributed by atoms with van der Waals surface area (Å²) in [6, 6.07) is 3.30. The van der Waals surface area contributed by atoms with Gasteiger partial charge in [0, 0.05) is 25.8 Å². The number of aromatic nitrogens is 2. The molecule has 24 heavy (non-hydrogen) atoms. The number of fused-ring (bicyclic) bond motifs is 1. The molecule has 0 radical (unpaired) electrons. The minimum Gasteiger partial charge on any atom is -0.378 e. The van der Waals surface area contributed by atoms with Crippen LogP contribution < -0.4 is 0 Å². The molecule has 2 saturated heterocycles. The molecule has 3 heterocycles. The van der Waals surface area contributed by atoms with E-state index in [1.165, 1.54) is 18.6 Å². The van der Waals surface area contributed by atoms with Crippen LogP contribution >= 0.6 is 0 Å². The molecular weight excluding hydrogens is 316 g/mol. The number of likely N-dealkylation sites (tertiary alicyclic amines) is 1. The molecule has 0 bridgehead atoms. The van der Waals surface area contributed by atoms with Crippen molar-refractivity contribution in [2.75, 3.05) is 19.7 Å². The topological polar surface area (TPSA) is 51.4 Å². The zero-order valence-electron chi connectivity index (χ0n) is 13.3. The van der Waals surface area contributed by atoms with Crippen LogP contribution in [0.2, 0.25) is 0 Å². The summed E-state index contributed by atoms with van der Waals surface area (Å²) in [5, 5.41) is 3.93. The van der Waals surface area contributed by atoms with E-state index in [1.807, 2.05) is 0 Å². The van der Waals surface area contributed by atoms with Gasteiger partial charge >= 0.3 is 0 Å². The van der Waals surface area contributed by atoms with Gasteiger partial charge in [0.25, 0.3) is 5.89 Å². The summed E-state index contributed by atoms with van der Waals surface area (Å²) in [5.41, 5.74) is 0.120. The standard InChI is InChI=1S/C17H19F2N3O2/c18-12-3-4-13(14(19)8-12)17-20-16(21-24-17)10-22-6-5-15-11(9-22)2-1-7-23-15/h3-4,8,11,15H,1-2,5-7,9-10H2/t11-,15+/m1/s1. The minimum atomic E-state index is -0.703. The van der Waals surface area contributed by atoms with Gasteiger partial charge in [0.2, 0.25) is 0 Å². The Morgan fingerprint density at radius 1 is 1.25 bits per heavy atom. The van der Waals surface area contributed by atoms with Crippen molar-refractivity contribution in [2.24, 2.45) is 5.92 Å². The molecule has 0 amide bonds. The number of piperidine rings is 1. The van der Waals surface area contributed by atoms with Crippen LogP contribution in [0.1, 0.15) is 25.1 Å². The number of halogens is 2. The van der Waals surface area contributed by atoms with Crippen LogP contribution in [0.25, 0.3) is 11.5 Å². The number of rotatable bonds is 3. The van der Waals surface area contributed by atoms with Crippen LogP contribution in [0.4, 0.5) is 8.78 Å². The maximum absolute atomic E-state index is 13.8. The third-order valence-electron chi connectivity index (χ3n) is 4.79. The third kappa shape index (κ3) is 3.18. The van der Waals surface area contributed by atoms with E-state index >= 15 is 0 Å². The van der Waals surface area contributed by atoms with E-state index in [2.05, 4.69) is 15.0 Å². The predicted octanol–water partition coefficient (Wildman–Crippen LogP) is 3.02. The van der Waals surface area contributed by atoms with Crippen LogP contribution in [0.3, 0.4) is 0 Å². The molecule has 0 saturated carbocycles. The van der Waals surface area contributed by atoms with Crippen molar-refractivity contribution < 1.29 is 18.0 Å². The van der Waals surface area contributed by atoms with Crippen LogP contribution in [0.15, 0.2) is 22.7 Å². The van der Waals surface area contributed by atoms with E-state index in [1.54, 1.807) is 0 Å². The second-order valence-electron chi connectivity index (χ2n) is 6.48. The Morgan fingerprint density at radius 3 is 3.04 bits per heavy atom. The molecule has 0 spiro atoms. The zero-order chi connectivity index (χ0) is 16.5. The quantitative estimate of drug-likeness (QED) is 0.863. The number of hydrogen-bond donors (Lipinski definition) is 0. The van der Waals surface area contributed by atoms with E-state index in [0.29, 0.717) is 24.4 Å². The van der Waals surface area contributed by atoms with E-state index in [9.17, 15) is 8.78 Å². The first-order valence-electron chi connectivity index (χ1n) is 8.31. The molecule has 4 rings (SSSR count). The summed E-state index contributed by atoms with van der Waals surface area (Å²) in [6.45, 7) is 3.32. The van der Waals surface area contributed by atoms with Crippen molar-refractivity contribution in [1.29, 1.82) is 0 Å². The van der Waals surface area contributed by atoms with Gasteiger partial charge in [0.05, 0.1) is 18.2 Å². The van der Waals surface area contributed by atoms with Crippen molar-refractivity contribution >= 4 is 0 Å². The Hall–Kier alpha value is -1.86. The van der Waals surface area contributed by atoms with Gasteiger partial charge in [-0.05, 0) is 37.3 Å². The molecule has 1 aromatic heterocycles. The summed E-state index contributed by atoms with van der Waals surface area (Å²) in [5.74, 6) is -0.172. The van der Waals surface area contributed by atoms with Gasteiger partial charge < -0.3 is 9.26 Å². The fraction of sp³-hybridized carbons (Fsp3) is 0.529. The molecule has 2 aliphatic heterocycles. The van der Waals surface area contributed by atoms with Crippen molar-refractivity contribution in [3.05, 3.63) is 35.7 Å². The predicted molar refractivity (Wildman–Crippen MR) is 82.0 cm³/mol. The summed E-state index contributed by atoms with van der Waals surface area (Å²) in [6.07, 6.45) is 3.70. The van der Waals surface area contributed by atoms with Gasteiger partial charge in [0.1, 0.15) is 11.6 Å². The molecule has 2 fully saturated rings. The lowest BCUT2D eigenvalue weighted by atomic mass is 9.88. The number of hydrogen-bond acceptors (Lipinski definition) is 5. The average Bonchev–Trinajstić information content (AvgIpc) is 3.03. The van der Waals surface area contributed by atoms with E-state index in [-0.39, 0.29) is 11.5 Å². The van der Waals surface area contributed by atoms with Crippen LogP contribution in [-0.2, 0) is 11.3 Å². The zero-order valence-corrected chi connectivity index (χ0v) is 13.3. The summed E-state index contributed by atoms with van der Waals surface area (Å²) in [7, 11) is 0. The fourth-order valence-corrected chi connectivity index (χ4v) is 3.60. The maximum atomic E-state index is 13.8. The molecule has 5 nitrogen and oxygen atoms in total. The smallest absolute Gasteiger partial charge is 0.260 e. The highest BCUT2D eigenvalue weighted by Gasteiger charge is 2.32. The van der Waals surface area contributed by atoms with Crippen molar-refractivity contribution in [1.82, 2.24) is 15.0 Å². The Morgan fingerprint density at radius 2 is 2.17 bits per heavy atom. The molecular formula is C17H19F2N3O2. The van der Waals surface area contributed by atoms with Gasteiger partial charge in [0.15, 0.2) is 5.82 Å². The molecule has 2 aliphatic rings. The second kappa shape index (κ2) is 6.57. The van der Waals surface area contributed by atoms with E-state index in [0.717, 1.165) is 38.6 Å². The largest absolute Gasteiger partial charge is 0.378 e. The maximum Gasteiger partial charge on any atom is 0.260 e. The molecule has 0 N–H and O–H groups in total. The first-order valence-corrected chi connectivity index (χ1v) is 8.31. The first kappa shape index (κ1) is 15.7. The number of benzene rings is 1. The third-order valence-corrected chi connectivity index (χ3v) is 4.79. The molecule has 2 atom stereocenters. The first-order chi connectivity index (χ1) is 11.7. The van der Waals surface area contributed by atoms with Gasteiger partial charge in [-0.25, -0.2) is 8.78 Å². The Balaban J connectivity index is 1.44. The number of ether oxygens (including phenoxy) is 1. The summed E-state index contributed by atoms with van der Waals surface area (Å²) < 4.78 is 37.7. The van der Waals surface area contributed by atoms with Crippen LogP contribution in [0.5, 0.6) is 0 Å². The lowest BCUT2D eigenvalue weighted by Crippen LogP contribution is -2.45. The Labute approximate surface area is 138 Å². The average molecular weight is 335 g/mol. The minimum absolute atomic E-state index is 0.0818. The molecule has 1 aromatic carbocycles. The highest BCUT2D eigenvalue weighted by atomic mass is 19.1. The molecule has 7 heteroatoms. The highest BCUT2D eigenvalue weighted by Crippen LogP contribution is 2.29.